The van der Waals surface area contributed by atoms with Gasteiger partial charge in [-0.25, -0.2) is 36.8 Å². The maximum atomic E-state index is 15.3. The molecular formula is C34H32F2N4O4S2. The first-order valence-electron chi connectivity index (χ1n) is 14.7. The van der Waals surface area contributed by atoms with Crippen molar-refractivity contribution >= 4 is 27.3 Å². The number of primary sulfonamides is 1. The van der Waals surface area contributed by atoms with Crippen LogP contribution >= 0.6 is 11.3 Å². The molecular weight excluding hydrogens is 631 g/mol. The van der Waals surface area contributed by atoms with Gasteiger partial charge in [0, 0.05) is 28.5 Å². The highest BCUT2D eigenvalue weighted by atomic mass is 32.2. The minimum Gasteiger partial charge on any atom is -0.476 e. The molecule has 0 spiro atoms. The van der Waals surface area contributed by atoms with E-state index in [0.29, 0.717) is 45.4 Å². The zero-order valence-electron chi connectivity index (χ0n) is 25.4. The molecule has 12 heteroatoms. The molecule has 1 aliphatic rings. The Balaban J connectivity index is 1.52. The summed E-state index contributed by atoms with van der Waals surface area (Å²) in [6.07, 6.45) is 2.82. The summed E-state index contributed by atoms with van der Waals surface area (Å²) in [4.78, 5) is 15.4. The number of halogens is 2. The van der Waals surface area contributed by atoms with Gasteiger partial charge in [-0.1, -0.05) is 51.1 Å². The number of aromatic carboxylic acids is 1. The maximum absolute atomic E-state index is 15.3. The molecule has 8 nitrogen and oxygen atoms in total. The third kappa shape index (κ3) is 6.51. The molecule has 5 aromatic rings. The fraction of sp³-hybridized carbons (Fsp3) is 0.265. The molecule has 0 aliphatic heterocycles. The van der Waals surface area contributed by atoms with Gasteiger partial charge in [0.1, 0.15) is 16.5 Å². The molecule has 0 amide bonds. The fourth-order valence-electron chi connectivity index (χ4n) is 5.46. The highest BCUT2D eigenvalue weighted by molar-refractivity contribution is 7.89. The van der Waals surface area contributed by atoms with E-state index in [4.69, 9.17) is 10.2 Å². The monoisotopic (exact) mass is 662 g/mol. The predicted molar refractivity (Wildman–Crippen MR) is 173 cm³/mol. The van der Waals surface area contributed by atoms with Gasteiger partial charge in [0.05, 0.1) is 11.4 Å². The van der Waals surface area contributed by atoms with E-state index in [0.717, 1.165) is 53.1 Å². The van der Waals surface area contributed by atoms with E-state index >= 15 is 4.39 Å². The summed E-state index contributed by atoms with van der Waals surface area (Å²) in [5, 5.41) is 21.4. The highest BCUT2D eigenvalue weighted by Gasteiger charge is 2.30. The molecule has 0 atom stereocenters. The second kappa shape index (κ2) is 11.8. The van der Waals surface area contributed by atoms with Gasteiger partial charge < -0.3 is 5.11 Å². The smallest absolute Gasteiger partial charge is 0.355 e. The lowest BCUT2D eigenvalue weighted by atomic mass is 9.86. The molecule has 238 valence electrons. The van der Waals surface area contributed by atoms with Crippen LogP contribution in [0.5, 0.6) is 0 Å². The van der Waals surface area contributed by atoms with Crippen molar-refractivity contribution < 1.29 is 27.1 Å². The number of thiazole rings is 1. The minimum absolute atomic E-state index is 0.0685. The van der Waals surface area contributed by atoms with Crippen LogP contribution in [0.15, 0.2) is 70.9 Å². The van der Waals surface area contributed by atoms with Gasteiger partial charge in [-0.05, 0) is 77.6 Å². The number of carbonyl (C=O) groups is 1. The summed E-state index contributed by atoms with van der Waals surface area (Å²) in [5.41, 5.74) is 5.11. The Labute approximate surface area is 269 Å². The SMILES string of the molecule is CC(C)(C)c1ccc(-c2cc(-c3nn(-c4nc(C(=O)O)cs4)c(CC4CC4)c3Cc3ccc(S(N)(=O)=O)c(F)c3)ccc2F)cc1. The number of carboxylic acids is 1. The van der Waals surface area contributed by atoms with Crippen molar-refractivity contribution in [3.05, 3.63) is 106 Å². The van der Waals surface area contributed by atoms with Crippen molar-refractivity contribution in [2.24, 2.45) is 11.1 Å². The zero-order chi connectivity index (χ0) is 33.0. The minimum atomic E-state index is -4.25. The van der Waals surface area contributed by atoms with Crippen molar-refractivity contribution in [2.45, 2.75) is 56.8 Å². The average molecular weight is 663 g/mol. The normalized spacial score (nSPS) is 13.7. The van der Waals surface area contributed by atoms with Gasteiger partial charge in [-0.3, -0.25) is 0 Å². The molecule has 2 aromatic heterocycles. The standard InChI is InChI=1S/C34H32F2N4O4S2/c1-34(2,3)23-10-7-21(8-11-23)24-17-22(9-12-26(24)35)31-25(14-20-6-13-30(27(36)15-20)46(37,43)44)29(16-19-4-5-19)40(39-31)33-38-28(18-45-33)32(41)42/h6-13,15,17-19H,4-5,14,16H2,1-3H3,(H,41,42)(H2,37,43,44). The van der Waals surface area contributed by atoms with Gasteiger partial charge in [-0.15, -0.1) is 11.3 Å². The molecule has 0 bridgehead atoms. The predicted octanol–water partition coefficient (Wildman–Crippen LogP) is 7.13. The number of sulfonamides is 1. The number of hydrogen-bond acceptors (Lipinski definition) is 6. The van der Waals surface area contributed by atoms with E-state index in [1.165, 1.54) is 17.5 Å². The fourth-order valence-corrected chi connectivity index (χ4v) is 6.82. The van der Waals surface area contributed by atoms with Crippen molar-refractivity contribution in [3.8, 4) is 27.5 Å². The first-order valence-corrected chi connectivity index (χ1v) is 17.1. The summed E-state index contributed by atoms with van der Waals surface area (Å²) in [6, 6.07) is 16.3. The molecule has 6 rings (SSSR count). The molecule has 1 fully saturated rings. The van der Waals surface area contributed by atoms with Crippen LogP contribution in [0, 0.1) is 17.6 Å². The number of nitrogens with zero attached hydrogens (tertiary/aromatic N) is 3. The second-order valence-corrected chi connectivity index (χ2v) is 15.0. The molecule has 2 heterocycles. The van der Waals surface area contributed by atoms with Gasteiger partial charge in [-0.2, -0.15) is 5.10 Å². The van der Waals surface area contributed by atoms with Gasteiger partial charge in [0.25, 0.3) is 0 Å². The summed E-state index contributed by atoms with van der Waals surface area (Å²) < 4.78 is 55.6. The number of benzene rings is 3. The first kappa shape index (κ1) is 31.7. The highest BCUT2D eigenvalue weighted by Crippen LogP contribution is 2.39. The van der Waals surface area contributed by atoms with Crippen LogP contribution in [0.4, 0.5) is 8.78 Å². The topological polar surface area (TPSA) is 128 Å². The third-order valence-electron chi connectivity index (χ3n) is 8.15. The molecule has 3 aromatic carbocycles. The largest absolute Gasteiger partial charge is 0.476 e. The number of rotatable bonds is 9. The molecule has 0 saturated heterocycles. The van der Waals surface area contributed by atoms with Crippen molar-refractivity contribution in [2.75, 3.05) is 0 Å². The first-order chi connectivity index (χ1) is 21.7. The van der Waals surface area contributed by atoms with Crippen LogP contribution in [0.1, 0.15) is 66.5 Å². The van der Waals surface area contributed by atoms with Crippen LogP contribution < -0.4 is 5.14 Å². The Kier molecular flexibility index (Phi) is 8.16. The molecule has 1 saturated carbocycles. The molecule has 1 aliphatic carbocycles. The number of hydrogen-bond donors (Lipinski definition) is 2. The van der Waals surface area contributed by atoms with Gasteiger partial charge in [0.15, 0.2) is 5.69 Å². The maximum Gasteiger partial charge on any atom is 0.355 e. The average Bonchev–Trinajstić information content (AvgIpc) is 3.54. The summed E-state index contributed by atoms with van der Waals surface area (Å²) in [6.45, 7) is 6.32. The Morgan fingerprint density at radius 1 is 1.02 bits per heavy atom. The van der Waals surface area contributed by atoms with Gasteiger partial charge in [0.2, 0.25) is 15.2 Å². The van der Waals surface area contributed by atoms with Gasteiger partial charge >= 0.3 is 5.97 Å². The molecule has 3 N–H and O–H groups in total. The lowest BCUT2D eigenvalue weighted by molar-refractivity contribution is 0.0691. The van der Waals surface area contributed by atoms with Crippen LogP contribution in [-0.2, 0) is 28.3 Å². The number of nitrogens with two attached hydrogens (primary N) is 1. The van der Waals surface area contributed by atoms with E-state index < -0.39 is 32.5 Å². The van der Waals surface area contributed by atoms with Crippen molar-refractivity contribution in [1.29, 1.82) is 0 Å². The lowest BCUT2D eigenvalue weighted by Gasteiger charge is -2.19. The second-order valence-electron chi connectivity index (χ2n) is 12.7. The van der Waals surface area contributed by atoms with E-state index in [2.05, 4.69) is 25.8 Å². The van der Waals surface area contributed by atoms with E-state index in [9.17, 15) is 22.7 Å². The van der Waals surface area contributed by atoms with Crippen LogP contribution in [-0.4, -0.2) is 34.3 Å². The van der Waals surface area contributed by atoms with Crippen LogP contribution in [0.2, 0.25) is 0 Å². The number of aromatic nitrogens is 3. The quantitative estimate of drug-likeness (QED) is 0.173. The van der Waals surface area contributed by atoms with Crippen molar-refractivity contribution in [3.63, 3.8) is 0 Å². The summed E-state index contributed by atoms with van der Waals surface area (Å²) in [5.74, 6) is -2.15. The Bertz CT molecular complexity index is 2080. The Morgan fingerprint density at radius 2 is 1.72 bits per heavy atom. The molecule has 0 radical (unpaired) electrons. The zero-order valence-corrected chi connectivity index (χ0v) is 27.1. The lowest BCUT2D eigenvalue weighted by Crippen LogP contribution is -2.14. The Morgan fingerprint density at radius 3 is 2.30 bits per heavy atom. The third-order valence-corrected chi connectivity index (χ3v) is 9.91. The van der Waals surface area contributed by atoms with Crippen molar-refractivity contribution in [1.82, 2.24) is 14.8 Å². The molecule has 46 heavy (non-hydrogen) atoms. The summed E-state index contributed by atoms with van der Waals surface area (Å²) >= 11 is 1.14. The van der Waals surface area contributed by atoms with E-state index in [1.807, 2.05) is 24.3 Å². The number of carboxylic acid groups (broad SMARTS) is 1. The van der Waals surface area contributed by atoms with Crippen LogP contribution in [0.3, 0.4) is 0 Å². The van der Waals surface area contributed by atoms with Crippen LogP contribution in [0.25, 0.3) is 27.5 Å². The van der Waals surface area contributed by atoms with E-state index in [-0.39, 0.29) is 17.5 Å². The summed E-state index contributed by atoms with van der Waals surface area (Å²) in [7, 11) is -4.25. The van der Waals surface area contributed by atoms with E-state index in [1.54, 1.807) is 16.8 Å². The molecule has 0 unspecified atom stereocenters. The Hall–Kier alpha value is -4.26.